The summed E-state index contributed by atoms with van der Waals surface area (Å²) < 4.78 is 1.77. The SMILES string of the molecule is CNC(C#N)(Cn1nc(C)nc1C)c1ccccc1. The highest BCUT2D eigenvalue weighted by Gasteiger charge is 2.32. The maximum Gasteiger partial charge on any atom is 0.151 e. The molecule has 0 saturated heterocycles. The summed E-state index contributed by atoms with van der Waals surface area (Å²) in [5.41, 5.74) is 0.124. The third kappa shape index (κ3) is 2.49. The van der Waals surface area contributed by atoms with Crippen LogP contribution in [0.15, 0.2) is 30.3 Å². The Morgan fingerprint density at radius 1 is 1.32 bits per heavy atom. The summed E-state index contributed by atoms with van der Waals surface area (Å²) >= 11 is 0. The molecule has 0 saturated carbocycles. The van der Waals surface area contributed by atoms with Crippen molar-refractivity contribution in [1.82, 2.24) is 20.1 Å². The molecule has 5 nitrogen and oxygen atoms in total. The summed E-state index contributed by atoms with van der Waals surface area (Å²) in [7, 11) is 1.79. The number of nitrogens with zero attached hydrogens (tertiary/aromatic N) is 4. The van der Waals surface area contributed by atoms with Crippen LogP contribution in [0.3, 0.4) is 0 Å². The smallest absolute Gasteiger partial charge is 0.151 e. The number of rotatable bonds is 4. The van der Waals surface area contributed by atoms with Gasteiger partial charge in [-0.2, -0.15) is 10.4 Å². The van der Waals surface area contributed by atoms with E-state index < -0.39 is 5.54 Å². The quantitative estimate of drug-likeness (QED) is 0.899. The van der Waals surface area contributed by atoms with Gasteiger partial charge in [0.1, 0.15) is 11.6 Å². The van der Waals surface area contributed by atoms with E-state index in [1.54, 1.807) is 11.7 Å². The van der Waals surface area contributed by atoms with E-state index in [0.717, 1.165) is 11.4 Å². The van der Waals surface area contributed by atoms with Crippen molar-refractivity contribution in [1.29, 1.82) is 5.26 Å². The Morgan fingerprint density at radius 3 is 2.47 bits per heavy atom. The number of nitrogens with one attached hydrogen (secondary N) is 1. The van der Waals surface area contributed by atoms with Crippen molar-refractivity contribution in [2.45, 2.75) is 25.9 Å². The minimum absolute atomic E-state index is 0.427. The molecule has 2 rings (SSSR count). The number of aryl methyl sites for hydroxylation is 2. The molecule has 1 aromatic carbocycles. The fourth-order valence-corrected chi connectivity index (χ4v) is 2.13. The molecule has 98 valence electrons. The normalized spacial score (nSPS) is 13.8. The maximum absolute atomic E-state index is 9.61. The molecular formula is C14H17N5. The van der Waals surface area contributed by atoms with Crippen molar-refractivity contribution in [3.8, 4) is 6.07 Å². The number of aromatic nitrogens is 3. The van der Waals surface area contributed by atoms with Crippen LogP contribution in [0.2, 0.25) is 0 Å². The number of nitriles is 1. The second-order valence-electron chi connectivity index (χ2n) is 4.50. The van der Waals surface area contributed by atoms with Crippen LogP contribution in [0.25, 0.3) is 0 Å². The zero-order chi connectivity index (χ0) is 13.9. The van der Waals surface area contributed by atoms with Crippen LogP contribution in [-0.2, 0) is 12.1 Å². The highest BCUT2D eigenvalue weighted by atomic mass is 15.4. The molecule has 1 unspecified atom stereocenters. The molecule has 5 heteroatoms. The van der Waals surface area contributed by atoms with E-state index in [0.29, 0.717) is 12.4 Å². The van der Waals surface area contributed by atoms with Crippen LogP contribution >= 0.6 is 0 Å². The first-order valence-corrected chi connectivity index (χ1v) is 6.15. The zero-order valence-electron chi connectivity index (χ0n) is 11.4. The summed E-state index contributed by atoms with van der Waals surface area (Å²) in [6, 6.07) is 12.0. The standard InChI is InChI=1S/C14H17N5/c1-11-17-12(2)19(18-11)10-14(9-15,16-3)13-7-5-4-6-8-13/h4-8,16H,10H2,1-3H3. The lowest BCUT2D eigenvalue weighted by molar-refractivity contribution is 0.371. The molecule has 0 aliphatic carbocycles. The Bertz CT molecular complexity index is 596. The van der Waals surface area contributed by atoms with Crippen LogP contribution in [-0.4, -0.2) is 21.8 Å². The van der Waals surface area contributed by atoms with Gasteiger partial charge in [0, 0.05) is 0 Å². The van der Waals surface area contributed by atoms with Crippen LogP contribution in [0.4, 0.5) is 0 Å². The molecule has 0 bridgehead atoms. The van der Waals surface area contributed by atoms with Crippen molar-refractivity contribution in [3.05, 3.63) is 47.5 Å². The lowest BCUT2D eigenvalue weighted by Gasteiger charge is -2.26. The molecule has 1 aromatic heterocycles. The van der Waals surface area contributed by atoms with Gasteiger partial charge in [-0.15, -0.1) is 0 Å². The third-order valence-electron chi connectivity index (χ3n) is 3.23. The van der Waals surface area contributed by atoms with Crippen molar-refractivity contribution < 1.29 is 0 Å². The topological polar surface area (TPSA) is 66.5 Å². The van der Waals surface area contributed by atoms with E-state index in [9.17, 15) is 5.26 Å². The minimum atomic E-state index is -0.799. The van der Waals surface area contributed by atoms with Gasteiger partial charge in [0.2, 0.25) is 0 Å². The molecule has 2 aromatic rings. The number of benzene rings is 1. The molecule has 1 N–H and O–H groups in total. The maximum atomic E-state index is 9.61. The summed E-state index contributed by atoms with van der Waals surface area (Å²) in [5.74, 6) is 1.52. The highest BCUT2D eigenvalue weighted by Crippen LogP contribution is 2.22. The van der Waals surface area contributed by atoms with Crippen molar-refractivity contribution >= 4 is 0 Å². The number of hydrogen-bond acceptors (Lipinski definition) is 4. The first-order chi connectivity index (χ1) is 9.11. The third-order valence-corrected chi connectivity index (χ3v) is 3.23. The van der Waals surface area contributed by atoms with Crippen LogP contribution in [0.1, 0.15) is 17.2 Å². The predicted octanol–water partition coefficient (Wildman–Crippen LogP) is 1.53. The van der Waals surface area contributed by atoms with Gasteiger partial charge in [0.05, 0.1) is 12.6 Å². The van der Waals surface area contributed by atoms with Gasteiger partial charge < -0.3 is 0 Å². The zero-order valence-corrected chi connectivity index (χ0v) is 11.4. The average Bonchev–Trinajstić information content (AvgIpc) is 2.75. The Morgan fingerprint density at radius 2 is 2.00 bits per heavy atom. The molecule has 0 spiro atoms. The molecular weight excluding hydrogens is 238 g/mol. The summed E-state index contributed by atoms with van der Waals surface area (Å²) in [6.45, 7) is 4.17. The fourth-order valence-electron chi connectivity index (χ4n) is 2.13. The van der Waals surface area contributed by atoms with E-state index in [2.05, 4.69) is 21.5 Å². The molecule has 1 heterocycles. The molecule has 1 atom stereocenters. The summed E-state index contributed by atoms with van der Waals surface area (Å²) in [6.07, 6.45) is 0. The number of hydrogen-bond donors (Lipinski definition) is 1. The first-order valence-electron chi connectivity index (χ1n) is 6.15. The van der Waals surface area contributed by atoms with Gasteiger partial charge in [0.15, 0.2) is 5.54 Å². The van der Waals surface area contributed by atoms with Gasteiger partial charge >= 0.3 is 0 Å². The molecule has 0 aliphatic rings. The largest absolute Gasteiger partial charge is 0.297 e. The van der Waals surface area contributed by atoms with Gasteiger partial charge in [-0.1, -0.05) is 30.3 Å². The Balaban J connectivity index is 2.42. The summed E-state index contributed by atoms with van der Waals surface area (Å²) in [4.78, 5) is 4.27. The van der Waals surface area contributed by atoms with E-state index in [4.69, 9.17) is 0 Å². The molecule has 0 aliphatic heterocycles. The van der Waals surface area contributed by atoms with Gasteiger partial charge in [-0.25, -0.2) is 9.67 Å². The van der Waals surface area contributed by atoms with E-state index in [1.165, 1.54) is 0 Å². The molecule has 0 amide bonds. The lowest BCUT2D eigenvalue weighted by atomic mass is 9.91. The summed E-state index contributed by atoms with van der Waals surface area (Å²) in [5, 5.41) is 17.1. The molecule has 0 fully saturated rings. The second kappa shape index (κ2) is 5.21. The molecule has 19 heavy (non-hydrogen) atoms. The number of likely N-dealkylation sites (N-methyl/N-ethyl adjacent to an activating group) is 1. The van der Waals surface area contributed by atoms with E-state index >= 15 is 0 Å². The second-order valence-corrected chi connectivity index (χ2v) is 4.50. The minimum Gasteiger partial charge on any atom is -0.297 e. The van der Waals surface area contributed by atoms with Crippen LogP contribution < -0.4 is 5.32 Å². The van der Waals surface area contributed by atoms with Crippen LogP contribution in [0, 0.1) is 25.2 Å². The van der Waals surface area contributed by atoms with E-state index in [1.807, 2.05) is 44.2 Å². The lowest BCUT2D eigenvalue weighted by Crippen LogP contribution is -2.43. The molecule has 0 radical (unpaired) electrons. The van der Waals surface area contributed by atoms with Gasteiger partial charge in [-0.3, -0.25) is 5.32 Å². The average molecular weight is 255 g/mol. The first kappa shape index (κ1) is 13.2. The van der Waals surface area contributed by atoms with Crippen LogP contribution in [0.5, 0.6) is 0 Å². The Labute approximate surface area is 112 Å². The fraction of sp³-hybridized carbons (Fsp3) is 0.357. The van der Waals surface area contributed by atoms with Crippen molar-refractivity contribution in [2.24, 2.45) is 0 Å². The predicted molar refractivity (Wildman–Crippen MR) is 72.3 cm³/mol. The Kier molecular flexibility index (Phi) is 3.63. The monoisotopic (exact) mass is 255 g/mol. The van der Waals surface area contributed by atoms with Gasteiger partial charge in [0.25, 0.3) is 0 Å². The highest BCUT2D eigenvalue weighted by molar-refractivity contribution is 5.31. The van der Waals surface area contributed by atoms with Gasteiger partial charge in [-0.05, 0) is 26.5 Å². The van der Waals surface area contributed by atoms with Crippen molar-refractivity contribution in [3.63, 3.8) is 0 Å². The van der Waals surface area contributed by atoms with E-state index in [-0.39, 0.29) is 0 Å². The Hall–Kier alpha value is -2.19. The van der Waals surface area contributed by atoms with Crippen molar-refractivity contribution in [2.75, 3.05) is 7.05 Å².